The van der Waals surface area contributed by atoms with E-state index in [1.54, 1.807) is 36.4 Å². The Morgan fingerprint density at radius 1 is 1.08 bits per heavy atom. The summed E-state index contributed by atoms with van der Waals surface area (Å²) in [6.07, 6.45) is 1.12. The average molecular weight is 386 g/mol. The molecule has 1 heterocycles. The predicted molar refractivity (Wildman–Crippen MR) is 96.9 cm³/mol. The maximum Gasteiger partial charge on any atom is 0.322 e. The van der Waals surface area contributed by atoms with Gasteiger partial charge in [-0.2, -0.15) is 5.26 Å². The molecule has 2 aromatic carbocycles. The summed E-state index contributed by atoms with van der Waals surface area (Å²) in [7, 11) is -3.33. The zero-order valence-electron chi connectivity index (χ0n) is 13.5. The van der Waals surface area contributed by atoms with Crippen molar-refractivity contribution in [1.29, 1.82) is 5.26 Å². The summed E-state index contributed by atoms with van der Waals surface area (Å²) in [6.45, 7) is 0. The minimum Gasteiger partial charge on any atom is -0.593 e. The molecule has 0 bridgehead atoms. The third kappa shape index (κ3) is 3.52. The van der Waals surface area contributed by atoms with Gasteiger partial charge in [0.25, 0.3) is 0 Å². The van der Waals surface area contributed by atoms with Crippen molar-refractivity contribution in [2.75, 3.05) is 6.26 Å². The van der Waals surface area contributed by atoms with E-state index in [9.17, 15) is 13.6 Å². The van der Waals surface area contributed by atoms with Crippen LogP contribution in [0.15, 0.2) is 59.5 Å². The quantitative estimate of drug-likeness (QED) is 0.510. The summed E-state index contributed by atoms with van der Waals surface area (Å²) in [6, 6.07) is 16.2. The largest absolute Gasteiger partial charge is 0.593 e. The topological polar surface area (TPSA) is 97.8 Å². The molecular formula is C18H12ClN3O3S. The molecule has 0 fully saturated rings. The molecule has 0 aliphatic carbocycles. The Balaban J connectivity index is 2.22. The molecule has 0 saturated carbocycles. The molecule has 26 heavy (non-hydrogen) atoms. The maximum absolute atomic E-state index is 12.0. The van der Waals surface area contributed by atoms with Crippen molar-refractivity contribution in [2.45, 2.75) is 4.90 Å². The Labute approximate surface area is 155 Å². The standard InChI is InChI=1S/C18H12ClN3O3S/c1-26(24,25)16-8-4-13(5-9-16)18-17(10-15(11-20)22(23)21-18)12-2-6-14(19)7-3-12/h2-10H,1H3. The SMILES string of the molecule is CS(=O)(=O)c1ccc(-c2n[n+]([O-])c(C#N)cc2-c2ccc(Cl)cc2)cc1. The van der Waals surface area contributed by atoms with E-state index in [2.05, 4.69) is 5.10 Å². The van der Waals surface area contributed by atoms with Crippen LogP contribution in [0.3, 0.4) is 0 Å². The van der Waals surface area contributed by atoms with Gasteiger partial charge in [0, 0.05) is 33.6 Å². The van der Waals surface area contributed by atoms with E-state index >= 15 is 0 Å². The number of nitriles is 1. The normalized spacial score (nSPS) is 11.1. The highest BCUT2D eigenvalue weighted by atomic mass is 35.5. The van der Waals surface area contributed by atoms with Gasteiger partial charge in [0.2, 0.25) is 0 Å². The van der Waals surface area contributed by atoms with E-state index in [0.29, 0.717) is 21.8 Å². The lowest BCUT2D eigenvalue weighted by atomic mass is 9.99. The lowest BCUT2D eigenvalue weighted by molar-refractivity contribution is -0.670. The zero-order valence-corrected chi connectivity index (χ0v) is 15.1. The lowest BCUT2D eigenvalue weighted by Crippen LogP contribution is -2.35. The lowest BCUT2D eigenvalue weighted by Gasteiger charge is -2.09. The van der Waals surface area contributed by atoms with Crippen molar-refractivity contribution in [3.63, 3.8) is 0 Å². The van der Waals surface area contributed by atoms with Gasteiger partial charge in [-0.05, 0) is 34.7 Å². The fourth-order valence-corrected chi connectivity index (χ4v) is 3.21. The molecule has 6 nitrogen and oxygen atoms in total. The van der Waals surface area contributed by atoms with Crippen LogP contribution in [0.5, 0.6) is 0 Å². The number of aromatic nitrogens is 2. The molecule has 0 atom stereocenters. The second-order valence-corrected chi connectivity index (χ2v) is 8.03. The van der Waals surface area contributed by atoms with Crippen molar-refractivity contribution in [3.8, 4) is 28.5 Å². The number of benzene rings is 2. The van der Waals surface area contributed by atoms with Gasteiger partial charge in [-0.1, -0.05) is 35.9 Å². The van der Waals surface area contributed by atoms with E-state index in [4.69, 9.17) is 16.9 Å². The van der Waals surface area contributed by atoms with E-state index < -0.39 is 9.84 Å². The highest BCUT2D eigenvalue weighted by Crippen LogP contribution is 2.31. The second-order valence-electron chi connectivity index (χ2n) is 5.58. The summed E-state index contributed by atoms with van der Waals surface area (Å²) >= 11 is 5.92. The minimum absolute atomic E-state index is 0.147. The van der Waals surface area contributed by atoms with Crippen LogP contribution in [-0.2, 0) is 9.84 Å². The average Bonchev–Trinajstić information content (AvgIpc) is 2.62. The Morgan fingerprint density at radius 3 is 2.19 bits per heavy atom. The van der Waals surface area contributed by atoms with Crippen molar-refractivity contribution in [2.24, 2.45) is 0 Å². The number of rotatable bonds is 3. The van der Waals surface area contributed by atoms with Gasteiger partial charge in [0.1, 0.15) is 5.69 Å². The van der Waals surface area contributed by atoms with Gasteiger partial charge in [-0.15, -0.1) is 0 Å². The summed E-state index contributed by atoms with van der Waals surface area (Å²) in [4.78, 5) is 0.414. The second kappa shape index (κ2) is 6.75. The van der Waals surface area contributed by atoms with Crippen LogP contribution in [0.4, 0.5) is 0 Å². The molecule has 0 radical (unpaired) electrons. The summed E-state index contributed by atoms with van der Waals surface area (Å²) in [5.41, 5.74) is 2.03. The summed E-state index contributed by atoms with van der Waals surface area (Å²) in [5, 5.41) is 25.6. The molecule has 0 aliphatic heterocycles. The Bertz CT molecular complexity index is 1120. The van der Waals surface area contributed by atoms with E-state index in [1.165, 1.54) is 18.2 Å². The van der Waals surface area contributed by atoms with Gasteiger partial charge < -0.3 is 5.21 Å². The predicted octanol–water partition coefficient (Wildman–Crippen LogP) is 2.98. The molecule has 0 amide bonds. The smallest absolute Gasteiger partial charge is 0.322 e. The van der Waals surface area contributed by atoms with E-state index in [0.717, 1.165) is 11.8 Å². The van der Waals surface area contributed by atoms with Gasteiger partial charge in [0.05, 0.1) is 4.90 Å². The van der Waals surface area contributed by atoms with Crippen LogP contribution in [-0.4, -0.2) is 19.8 Å². The molecule has 3 rings (SSSR count). The molecular weight excluding hydrogens is 374 g/mol. The number of nitrogens with zero attached hydrogens (tertiary/aromatic N) is 3. The first-order valence-corrected chi connectivity index (χ1v) is 9.68. The van der Waals surface area contributed by atoms with Crippen molar-refractivity contribution in [3.05, 3.63) is 70.5 Å². The van der Waals surface area contributed by atoms with Gasteiger partial charge >= 0.3 is 5.69 Å². The Morgan fingerprint density at radius 2 is 1.65 bits per heavy atom. The number of sulfone groups is 1. The van der Waals surface area contributed by atoms with E-state index in [1.807, 2.05) is 6.07 Å². The van der Waals surface area contributed by atoms with Crippen LogP contribution in [0, 0.1) is 16.5 Å². The van der Waals surface area contributed by atoms with E-state index in [-0.39, 0.29) is 15.4 Å². The van der Waals surface area contributed by atoms with Gasteiger partial charge in [-0.3, -0.25) is 0 Å². The number of hydrogen-bond donors (Lipinski definition) is 0. The minimum atomic E-state index is -3.33. The molecule has 130 valence electrons. The first-order chi connectivity index (χ1) is 12.3. The molecule has 0 unspecified atom stereocenters. The molecule has 0 saturated heterocycles. The number of halogens is 1. The molecule has 0 spiro atoms. The zero-order chi connectivity index (χ0) is 18.9. The monoisotopic (exact) mass is 385 g/mol. The molecule has 3 aromatic rings. The fraction of sp³-hybridized carbons (Fsp3) is 0.0556. The highest BCUT2D eigenvalue weighted by molar-refractivity contribution is 7.90. The summed E-state index contributed by atoms with van der Waals surface area (Å²) in [5.74, 6) is 0. The molecule has 8 heteroatoms. The molecule has 0 N–H and O–H groups in total. The molecule has 0 aliphatic rings. The van der Waals surface area contributed by atoms with Gasteiger partial charge in [0.15, 0.2) is 15.9 Å². The summed E-state index contributed by atoms with van der Waals surface area (Å²) < 4.78 is 23.2. The van der Waals surface area contributed by atoms with Gasteiger partial charge in [-0.25, -0.2) is 8.42 Å². The fourth-order valence-electron chi connectivity index (χ4n) is 2.46. The van der Waals surface area contributed by atoms with Crippen molar-refractivity contribution in [1.82, 2.24) is 5.10 Å². The van der Waals surface area contributed by atoms with Crippen molar-refractivity contribution >= 4 is 21.4 Å². The highest BCUT2D eigenvalue weighted by Gasteiger charge is 2.19. The van der Waals surface area contributed by atoms with Crippen LogP contribution in [0.1, 0.15) is 5.69 Å². The third-order valence-corrected chi connectivity index (χ3v) is 5.14. The van der Waals surface area contributed by atoms with Crippen LogP contribution in [0.25, 0.3) is 22.4 Å². The van der Waals surface area contributed by atoms with Crippen LogP contribution >= 0.6 is 11.6 Å². The third-order valence-electron chi connectivity index (χ3n) is 3.76. The maximum atomic E-state index is 12.0. The van der Waals surface area contributed by atoms with Crippen molar-refractivity contribution < 1.29 is 13.3 Å². The Kier molecular flexibility index (Phi) is 4.64. The Hall–Kier alpha value is -2.95. The van der Waals surface area contributed by atoms with Crippen LogP contribution < -0.4 is 4.85 Å². The first kappa shape index (κ1) is 17.9. The van der Waals surface area contributed by atoms with Crippen LogP contribution in [0.2, 0.25) is 5.02 Å². The first-order valence-electron chi connectivity index (χ1n) is 7.41. The number of hydrogen-bond acceptors (Lipinski definition) is 5. The molecule has 1 aromatic heterocycles.